The zero-order valence-corrected chi connectivity index (χ0v) is 15.0. The number of aryl methyl sites for hydroxylation is 1. The molecule has 5 nitrogen and oxygen atoms in total. The van der Waals surface area contributed by atoms with Crippen LogP contribution in [-0.2, 0) is 27.8 Å². The summed E-state index contributed by atoms with van der Waals surface area (Å²) in [7, 11) is -1.84. The average Bonchev–Trinajstić information content (AvgIpc) is 2.91. The van der Waals surface area contributed by atoms with Gasteiger partial charge in [0.25, 0.3) is 0 Å². The van der Waals surface area contributed by atoms with Gasteiger partial charge in [0.1, 0.15) is 0 Å². The summed E-state index contributed by atoms with van der Waals surface area (Å²) in [6.07, 6.45) is 2.87. The molecule has 0 spiro atoms. The Morgan fingerprint density at radius 2 is 1.96 bits per heavy atom. The minimum atomic E-state index is -3.52. The highest BCUT2D eigenvalue weighted by Gasteiger charge is 2.31. The van der Waals surface area contributed by atoms with E-state index in [1.165, 1.54) is 0 Å². The standard InChI is InChI=1S/C18H24N2O3S/c1-15-6-3-4-8-18(15)24(21,22)20-13-16(9-11-23-2)12-19-10-5-7-17(19)14-20/h3-8,10,16H,9,11-14H2,1-2H3/t16-/m1/s1. The van der Waals surface area contributed by atoms with E-state index in [9.17, 15) is 8.42 Å². The van der Waals surface area contributed by atoms with Gasteiger partial charge in [0.2, 0.25) is 10.0 Å². The van der Waals surface area contributed by atoms with Gasteiger partial charge in [-0.05, 0) is 43.0 Å². The predicted molar refractivity (Wildman–Crippen MR) is 93.2 cm³/mol. The summed E-state index contributed by atoms with van der Waals surface area (Å²) in [4.78, 5) is 0.399. The first-order valence-corrected chi connectivity index (χ1v) is 9.65. The molecule has 130 valence electrons. The molecule has 0 saturated heterocycles. The van der Waals surface area contributed by atoms with Crippen LogP contribution < -0.4 is 0 Å². The van der Waals surface area contributed by atoms with Crippen molar-refractivity contribution in [1.82, 2.24) is 8.87 Å². The summed E-state index contributed by atoms with van der Waals surface area (Å²) in [6, 6.07) is 11.2. The van der Waals surface area contributed by atoms with Gasteiger partial charge in [-0.2, -0.15) is 4.31 Å². The fourth-order valence-corrected chi connectivity index (χ4v) is 4.99. The fourth-order valence-electron chi connectivity index (χ4n) is 3.28. The van der Waals surface area contributed by atoms with Crippen LogP contribution in [0, 0.1) is 12.8 Å². The Bertz CT molecular complexity index is 798. The predicted octanol–water partition coefficient (Wildman–Crippen LogP) is 2.65. The van der Waals surface area contributed by atoms with Crippen LogP contribution in [0.2, 0.25) is 0 Å². The second-order valence-corrected chi connectivity index (χ2v) is 8.27. The van der Waals surface area contributed by atoms with Gasteiger partial charge in [0, 0.05) is 38.7 Å². The molecule has 1 atom stereocenters. The molecule has 24 heavy (non-hydrogen) atoms. The summed E-state index contributed by atoms with van der Waals surface area (Å²) in [6.45, 7) is 4.23. The number of ether oxygens (including phenoxy) is 1. The quantitative estimate of drug-likeness (QED) is 0.835. The monoisotopic (exact) mass is 348 g/mol. The van der Waals surface area contributed by atoms with Crippen molar-refractivity contribution in [2.24, 2.45) is 5.92 Å². The first kappa shape index (κ1) is 17.2. The van der Waals surface area contributed by atoms with E-state index in [0.29, 0.717) is 24.6 Å². The molecule has 6 heteroatoms. The molecule has 0 N–H and O–H groups in total. The van der Waals surface area contributed by atoms with Crippen LogP contribution in [0.5, 0.6) is 0 Å². The summed E-state index contributed by atoms with van der Waals surface area (Å²) >= 11 is 0. The Kier molecular flexibility index (Phi) is 5.08. The summed E-state index contributed by atoms with van der Waals surface area (Å²) in [5.74, 6) is 0.234. The number of aromatic nitrogens is 1. The second kappa shape index (κ2) is 7.09. The lowest BCUT2D eigenvalue weighted by molar-refractivity contribution is 0.167. The molecule has 0 amide bonds. The zero-order chi connectivity index (χ0) is 17.2. The van der Waals surface area contributed by atoms with Crippen molar-refractivity contribution in [3.63, 3.8) is 0 Å². The van der Waals surface area contributed by atoms with E-state index in [1.807, 2.05) is 37.4 Å². The minimum absolute atomic E-state index is 0.234. The van der Waals surface area contributed by atoms with Gasteiger partial charge >= 0.3 is 0 Å². The lowest BCUT2D eigenvalue weighted by Gasteiger charge is -2.24. The lowest BCUT2D eigenvalue weighted by atomic mass is 10.1. The molecular weight excluding hydrogens is 324 g/mol. The third-order valence-electron chi connectivity index (χ3n) is 4.62. The average molecular weight is 348 g/mol. The number of benzene rings is 1. The molecule has 0 unspecified atom stereocenters. The van der Waals surface area contributed by atoms with Crippen LogP contribution in [0.1, 0.15) is 17.7 Å². The topological polar surface area (TPSA) is 51.5 Å². The zero-order valence-electron chi connectivity index (χ0n) is 14.2. The first-order chi connectivity index (χ1) is 11.5. The molecule has 2 heterocycles. The minimum Gasteiger partial charge on any atom is -0.385 e. The Morgan fingerprint density at radius 3 is 2.71 bits per heavy atom. The molecule has 1 aliphatic rings. The molecule has 2 aromatic rings. The van der Waals surface area contributed by atoms with Gasteiger partial charge < -0.3 is 9.30 Å². The highest BCUT2D eigenvalue weighted by Crippen LogP contribution is 2.26. The van der Waals surface area contributed by atoms with Crippen molar-refractivity contribution < 1.29 is 13.2 Å². The van der Waals surface area contributed by atoms with Crippen molar-refractivity contribution in [2.45, 2.75) is 31.3 Å². The van der Waals surface area contributed by atoms with Gasteiger partial charge in [0.05, 0.1) is 11.4 Å². The van der Waals surface area contributed by atoms with Crippen LogP contribution in [0.15, 0.2) is 47.5 Å². The Labute approximate surface area is 143 Å². The van der Waals surface area contributed by atoms with Crippen LogP contribution in [0.25, 0.3) is 0 Å². The van der Waals surface area contributed by atoms with Crippen LogP contribution in [0.3, 0.4) is 0 Å². The van der Waals surface area contributed by atoms with E-state index in [2.05, 4.69) is 4.57 Å². The first-order valence-electron chi connectivity index (χ1n) is 8.21. The third kappa shape index (κ3) is 3.41. The van der Waals surface area contributed by atoms with E-state index in [1.54, 1.807) is 23.5 Å². The van der Waals surface area contributed by atoms with Gasteiger partial charge in [-0.25, -0.2) is 8.42 Å². The van der Waals surface area contributed by atoms with Gasteiger partial charge in [0.15, 0.2) is 0 Å². The molecule has 0 radical (unpaired) electrons. The Hall–Kier alpha value is -1.63. The molecule has 0 bridgehead atoms. The van der Waals surface area contributed by atoms with E-state index in [0.717, 1.165) is 24.2 Å². The summed E-state index contributed by atoms with van der Waals surface area (Å²) in [5, 5.41) is 0. The number of rotatable bonds is 5. The highest BCUT2D eigenvalue weighted by molar-refractivity contribution is 7.89. The van der Waals surface area contributed by atoms with E-state index < -0.39 is 10.0 Å². The largest absolute Gasteiger partial charge is 0.385 e. The highest BCUT2D eigenvalue weighted by atomic mass is 32.2. The molecule has 1 aromatic carbocycles. The van der Waals surface area contributed by atoms with E-state index in [-0.39, 0.29) is 5.92 Å². The maximum absolute atomic E-state index is 13.2. The van der Waals surface area contributed by atoms with Crippen molar-refractivity contribution in [3.8, 4) is 0 Å². The van der Waals surface area contributed by atoms with Crippen molar-refractivity contribution in [3.05, 3.63) is 53.9 Å². The molecule has 0 saturated carbocycles. The number of nitrogens with zero attached hydrogens (tertiary/aromatic N) is 2. The Morgan fingerprint density at radius 1 is 1.17 bits per heavy atom. The van der Waals surface area contributed by atoms with Gasteiger partial charge in [-0.3, -0.25) is 0 Å². The molecule has 1 aromatic heterocycles. The summed E-state index contributed by atoms with van der Waals surface area (Å²) < 4.78 is 35.4. The van der Waals surface area contributed by atoms with Crippen molar-refractivity contribution in [2.75, 3.05) is 20.3 Å². The molecule has 1 aliphatic heterocycles. The number of sulfonamides is 1. The normalized spacial score (nSPS) is 19.0. The number of hydrogen-bond donors (Lipinski definition) is 0. The van der Waals surface area contributed by atoms with Crippen LogP contribution in [-0.4, -0.2) is 37.6 Å². The summed E-state index contributed by atoms with van der Waals surface area (Å²) in [5.41, 5.74) is 1.82. The van der Waals surface area contributed by atoms with Gasteiger partial charge in [-0.1, -0.05) is 18.2 Å². The number of methoxy groups -OCH3 is 1. The molecular formula is C18H24N2O3S. The number of hydrogen-bond acceptors (Lipinski definition) is 3. The van der Waals surface area contributed by atoms with Crippen LogP contribution >= 0.6 is 0 Å². The fraction of sp³-hybridized carbons (Fsp3) is 0.444. The lowest BCUT2D eigenvalue weighted by Crippen LogP contribution is -2.34. The SMILES string of the molecule is COCC[C@H]1CN(S(=O)(=O)c2ccccc2C)Cc2cccn2C1. The van der Waals surface area contributed by atoms with E-state index >= 15 is 0 Å². The molecule has 3 rings (SSSR count). The Balaban J connectivity index is 1.95. The van der Waals surface area contributed by atoms with Crippen molar-refractivity contribution >= 4 is 10.0 Å². The molecule has 0 aliphatic carbocycles. The van der Waals surface area contributed by atoms with Crippen molar-refractivity contribution in [1.29, 1.82) is 0 Å². The third-order valence-corrected chi connectivity index (χ3v) is 6.59. The second-order valence-electron chi connectivity index (χ2n) is 6.36. The maximum Gasteiger partial charge on any atom is 0.243 e. The van der Waals surface area contributed by atoms with Crippen LogP contribution in [0.4, 0.5) is 0 Å². The van der Waals surface area contributed by atoms with Gasteiger partial charge in [-0.15, -0.1) is 0 Å². The van der Waals surface area contributed by atoms with E-state index in [4.69, 9.17) is 4.74 Å². The molecule has 0 fully saturated rings. The smallest absolute Gasteiger partial charge is 0.243 e. The number of fused-ring (bicyclic) bond motifs is 1. The maximum atomic E-state index is 13.2.